The van der Waals surface area contributed by atoms with E-state index < -0.39 is 0 Å². The van der Waals surface area contributed by atoms with Gasteiger partial charge in [-0.1, -0.05) is 48.5 Å². The van der Waals surface area contributed by atoms with Crippen molar-refractivity contribution in [2.75, 3.05) is 36.2 Å². The van der Waals surface area contributed by atoms with Crippen LogP contribution in [0.1, 0.15) is 0 Å². The monoisotopic (exact) mass is 808 g/mol. The number of rotatable bonds is 6. The molecule has 11 aromatic rings. The van der Waals surface area contributed by atoms with Gasteiger partial charge in [-0.05, 0) is 131 Å². The Morgan fingerprint density at radius 1 is 0.306 bits per heavy atom. The molecule has 62 heavy (non-hydrogen) atoms. The van der Waals surface area contributed by atoms with E-state index in [2.05, 4.69) is 155 Å². The average molecular weight is 809 g/mol. The fraction of sp³-hybridized carbons (Fsp3) is 0.0741. The van der Waals surface area contributed by atoms with Gasteiger partial charge in [-0.25, -0.2) is 0 Å². The number of para-hydroxylation sites is 2. The van der Waals surface area contributed by atoms with Crippen LogP contribution in [0, 0.1) is 0 Å². The molecular formula is C54H36N2O6. The van der Waals surface area contributed by atoms with Crippen molar-refractivity contribution in [3.63, 3.8) is 0 Å². The van der Waals surface area contributed by atoms with Crippen LogP contribution < -0.4 is 28.7 Å². The van der Waals surface area contributed by atoms with Gasteiger partial charge < -0.3 is 37.6 Å². The highest BCUT2D eigenvalue weighted by Crippen LogP contribution is 2.46. The zero-order valence-corrected chi connectivity index (χ0v) is 33.3. The van der Waals surface area contributed by atoms with E-state index in [-0.39, 0.29) is 0 Å². The Kier molecular flexibility index (Phi) is 7.69. The highest BCUT2D eigenvalue weighted by atomic mass is 16.6. The maximum atomic E-state index is 6.84. The van der Waals surface area contributed by atoms with E-state index in [1.54, 1.807) is 0 Å². The van der Waals surface area contributed by atoms with Crippen LogP contribution in [-0.4, -0.2) is 26.4 Å². The van der Waals surface area contributed by atoms with Crippen molar-refractivity contribution in [1.29, 1.82) is 0 Å². The van der Waals surface area contributed by atoms with Gasteiger partial charge in [0.05, 0.1) is 16.8 Å². The van der Waals surface area contributed by atoms with Crippen molar-refractivity contribution in [1.82, 2.24) is 0 Å². The van der Waals surface area contributed by atoms with Gasteiger partial charge in [0.1, 0.15) is 48.8 Å². The Labute approximate surface area is 355 Å². The highest BCUT2D eigenvalue weighted by molar-refractivity contribution is 6.24. The molecule has 8 nitrogen and oxygen atoms in total. The van der Waals surface area contributed by atoms with E-state index in [0.717, 1.165) is 123 Å². The Balaban J connectivity index is 0.916. The molecule has 0 N–H and O–H groups in total. The van der Waals surface area contributed by atoms with Gasteiger partial charge in [0.25, 0.3) is 0 Å². The minimum atomic E-state index is 0.529. The first-order chi connectivity index (χ1) is 30.7. The van der Waals surface area contributed by atoms with Gasteiger partial charge in [-0.2, -0.15) is 0 Å². The van der Waals surface area contributed by atoms with Gasteiger partial charge in [0.15, 0.2) is 23.0 Å². The molecule has 8 heteroatoms. The standard InChI is InChI=1S/C54H36N2O6/c1-3-7-37(8-4-1)55(41-15-18-46-51(31-41)59-23-21-57-46)39-13-11-33-27-44-43-17-20-48-53(54(43)62-49(44)29-35(33)25-39)45-28-34-12-14-40(26-36(34)30-50(45)61-48)56(38-9-5-2-6-10-38)42-16-19-47-52(32-42)60-24-22-58-47/h1-20,25-32H,21-24H2. The molecule has 0 aliphatic carbocycles. The van der Waals surface area contributed by atoms with E-state index in [9.17, 15) is 0 Å². The molecule has 0 unspecified atom stereocenters. The van der Waals surface area contributed by atoms with Gasteiger partial charge >= 0.3 is 0 Å². The summed E-state index contributed by atoms with van der Waals surface area (Å²) in [4.78, 5) is 4.48. The third-order valence-corrected chi connectivity index (χ3v) is 12.1. The normalized spacial score (nSPS) is 13.4. The maximum Gasteiger partial charge on any atom is 0.163 e. The number of furan rings is 2. The highest BCUT2D eigenvalue weighted by Gasteiger charge is 2.22. The second kappa shape index (κ2) is 13.7. The summed E-state index contributed by atoms with van der Waals surface area (Å²) < 4.78 is 37.1. The van der Waals surface area contributed by atoms with Gasteiger partial charge in [0.2, 0.25) is 0 Å². The third kappa shape index (κ3) is 5.60. The first kappa shape index (κ1) is 34.7. The number of hydrogen-bond acceptors (Lipinski definition) is 8. The average Bonchev–Trinajstić information content (AvgIpc) is 3.87. The SMILES string of the molecule is c1ccc(N(c2ccc3c(c2)OCCO3)c2ccc3cc4c(cc3c2)oc2c4ccc3oc4cc5cc(N(c6ccccc6)c6ccc7c(c6)OCCO7)ccc5cc4c32)cc1. The van der Waals surface area contributed by atoms with Crippen molar-refractivity contribution < 1.29 is 27.8 Å². The number of benzene rings is 9. The molecule has 2 aliphatic rings. The predicted molar refractivity (Wildman–Crippen MR) is 247 cm³/mol. The van der Waals surface area contributed by atoms with Gasteiger partial charge in [-0.3, -0.25) is 0 Å². The molecule has 2 aromatic heterocycles. The number of anilines is 6. The third-order valence-electron chi connectivity index (χ3n) is 12.1. The molecule has 2 aliphatic heterocycles. The molecule has 0 bridgehead atoms. The lowest BCUT2D eigenvalue weighted by molar-refractivity contribution is 0.171. The smallest absolute Gasteiger partial charge is 0.163 e. The van der Waals surface area contributed by atoms with Gasteiger partial charge in [0, 0.05) is 51.0 Å². The van der Waals surface area contributed by atoms with Gasteiger partial charge in [-0.15, -0.1) is 0 Å². The zero-order valence-electron chi connectivity index (χ0n) is 33.3. The Hall–Kier alpha value is -8.10. The fourth-order valence-electron chi connectivity index (χ4n) is 9.22. The molecule has 0 saturated heterocycles. The Bertz CT molecular complexity index is 3560. The van der Waals surface area contributed by atoms with Crippen LogP contribution in [-0.2, 0) is 0 Å². The topological polar surface area (TPSA) is 69.7 Å². The summed E-state index contributed by atoms with van der Waals surface area (Å²) in [6.07, 6.45) is 0. The van der Waals surface area contributed by atoms with E-state index in [4.69, 9.17) is 27.8 Å². The molecule has 0 amide bonds. The molecule has 13 rings (SSSR count). The van der Waals surface area contributed by atoms with Crippen molar-refractivity contribution in [2.24, 2.45) is 0 Å². The van der Waals surface area contributed by atoms with Crippen molar-refractivity contribution >= 4 is 99.5 Å². The molecular weight excluding hydrogens is 773 g/mol. The van der Waals surface area contributed by atoms with Crippen molar-refractivity contribution in [3.8, 4) is 23.0 Å². The van der Waals surface area contributed by atoms with Crippen LogP contribution in [0.15, 0.2) is 179 Å². The molecule has 298 valence electrons. The molecule has 0 saturated carbocycles. The van der Waals surface area contributed by atoms with Crippen LogP contribution in [0.5, 0.6) is 23.0 Å². The van der Waals surface area contributed by atoms with Crippen molar-refractivity contribution in [2.45, 2.75) is 0 Å². The lowest BCUT2D eigenvalue weighted by atomic mass is 10.0. The molecule has 0 atom stereocenters. The van der Waals surface area contributed by atoms with E-state index in [1.165, 1.54) is 0 Å². The molecule has 0 spiro atoms. The van der Waals surface area contributed by atoms with Crippen LogP contribution in [0.2, 0.25) is 0 Å². The summed E-state index contributed by atoms with van der Waals surface area (Å²) in [6, 6.07) is 59.1. The first-order valence-electron chi connectivity index (χ1n) is 20.9. The fourth-order valence-corrected chi connectivity index (χ4v) is 9.22. The minimum Gasteiger partial charge on any atom is -0.486 e. The minimum absolute atomic E-state index is 0.529. The van der Waals surface area contributed by atoms with E-state index >= 15 is 0 Å². The quantitative estimate of drug-likeness (QED) is 0.164. The number of hydrogen-bond donors (Lipinski definition) is 0. The summed E-state index contributed by atoms with van der Waals surface area (Å²) in [6.45, 7) is 2.16. The largest absolute Gasteiger partial charge is 0.486 e. The number of nitrogens with zero attached hydrogens (tertiary/aromatic N) is 2. The molecule has 0 fully saturated rings. The second-order valence-corrected chi connectivity index (χ2v) is 15.8. The lowest BCUT2D eigenvalue weighted by Gasteiger charge is -2.27. The summed E-state index contributed by atoms with van der Waals surface area (Å²) in [5.41, 5.74) is 9.31. The van der Waals surface area contributed by atoms with Crippen LogP contribution >= 0.6 is 0 Å². The van der Waals surface area contributed by atoms with E-state index in [1.807, 2.05) is 24.3 Å². The second-order valence-electron chi connectivity index (χ2n) is 15.8. The summed E-state index contributed by atoms with van der Waals surface area (Å²) in [5, 5.41) is 8.47. The lowest BCUT2D eigenvalue weighted by Crippen LogP contribution is -2.16. The first-order valence-corrected chi connectivity index (χ1v) is 20.9. The number of fused-ring (bicyclic) bond motifs is 11. The Morgan fingerprint density at radius 2 is 0.790 bits per heavy atom. The maximum absolute atomic E-state index is 6.84. The predicted octanol–water partition coefficient (Wildman–Crippen LogP) is 14.3. The van der Waals surface area contributed by atoms with E-state index in [0.29, 0.717) is 26.4 Å². The van der Waals surface area contributed by atoms with Crippen LogP contribution in [0.4, 0.5) is 34.1 Å². The molecule has 4 heterocycles. The summed E-state index contributed by atoms with van der Waals surface area (Å²) in [7, 11) is 0. The Morgan fingerprint density at radius 3 is 1.35 bits per heavy atom. The summed E-state index contributed by atoms with van der Waals surface area (Å²) in [5.74, 6) is 3.02. The zero-order chi connectivity index (χ0) is 40.7. The van der Waals surface area contributed by atoms with Crippen molar-refractivity contribution in [3.05, 3.63) is 170 Å². The summed E-state index contributed by atoms with van der Waals surface area (Å²) >= 11 is 0. The van der Waals surface area contributed by atoms with Crippen LogP contribution in [0.25, 0.3) is 65.4 Å². The molecule has 0 radical (unpaired) electrons. The number of ether oxygens (including phenoxy) is 4. The molecule has 9 aromatic carbocycles. The van der Waals surface area contributed by atoms with Crippen LogP contribution in [0.3, 0.4) is 0 Å².